The molecule has 3 rings (SSSR count). The Morgan fingerprint density at radius 1 is 1.24 bits per heavy atom. The fourth-order valence-corrected chi connectivity index (χ4v) is 2.90. The zero-order valence-electron chi connectivity index (χ0n) is 10.9. The molecular weight excluding hydrogens is 378 g/mol. The fraction of sp³-hybridized carbons (Fsp3) is 0.133. The van der Waals surface area contributed by atoms with Crippen LogP contribution in [-0.4, -0.2) is 9.55 Å². The van der Waals surface area contributed by atoms with Crippen LogP contribution < -0.4 is 0 Å². The van der Waals surface area contributed by atoms with E-state index in [9.17, 15) is 4.39 Å². The predicted molar refractivity (Wildman–Crippen MR) is 88.0 cm³/mol. The first-order valence-corrected chi connectivity index (χ1v) is 7.85. The highest BCUT2D eigenvalue weighted by Gasteiger charge is 2.17. The summed E-state index contributed by atoms with van der Waals surface area (Å²) in [6.07, 6.45) is 0. The summed E-state index contributed by atoms with van der Waals surface area (Å²) in [7, 11) is 0. The fourth-order valence-electron chi connectivity index (χ4n) is 2.23. The summed E-state index contributed by atoms with van der Waals surface area (Å²) in [5, 5.41) is -0.225. The van der Waals surface area contributed by atoms with E-state index in [-0.39, 0.29) is 10.4 Å². The maximum atomic E-state index is 13.4. The Morgan fingerprint density at radius 2 is 2.00 bits per heavy atom. The maximum Gasteiger partial charge on any atom is 0.141 e. The minimum absolute atomic E-state index is 0.0672. The Hall–Kier alpha value is -1.10. The smallest absolute Gasteiger partial charge is 0.141 e. The van der Waals surface area contributed by atoms with E-state index in [1.165, 1.54) is 6.07 Å². The summed E-state index contributed by atoms with van der Waals surface area (Å²) in [5.74, 6) is 0.235. The molecule has 0 N–H and O–H groups in total. The lowest BCUT2D eigenvalue weighted by atomic mass is 10.2. The number of aromatic nitrogens is 2. The molecule has 1 aromatic heterocycles. The summed E-state index contributed by atoms with van der Waals surface area (Å²) in [4.78, 5) is 4.56. The van der Waals surface area contributed by atoms with E-state index in [0.717, 1.165) is 21.2 Å². The molecule has 0 saturated heterocycles. The second kappa shape index (κ2) is 5.59. The highest BCUT2D eigenvalue weighted by molar-refractivity contribution is 9.10. The molecule has 6 heteroatoms. The van der Waals surface area contributed by atoms with Gasteiger partial charge in [0.05, 0.1) is 21.4 Å². The molecule has 21 heavy (non-hydrogen) atoms. The van der Waals surface area contributed by atoms with Gasteiger partial charge in [0, 0.05) is 10.2 Å². The van der Waals surface area contributed by atoms with Crippen LogP contribution in [0.5, 0.6) is 0 Å². The molecule has 0 amide bonds. The molecule has 0 saturated carbocycles. The van der Waals surface area contributed by atoms with E-state index >= 15 is 0 Å². The molecule has 3 aromatic rings. The van der Waals surface area contributed by atoms with Crippen molar-refractivity contribution >= 4 is 50.2 Å². The van der Waals surface area contributed by atoms with Crippen LogP contribution in [0, 0.1) is 5.82 Å². The first kappa shape index (κ1) is 14.8. The van der Waals surface area contributed by atoms with Crippen molar-refractivity contribution in [1.82, 2.24) is 9.55 Å². The third-order valence-electron chi connectivity index (χ3n) is 3.16. The number of fused-ring (bicyclic) bond motifs is 1. The van der Waals surface area contributed by atoms with Gasteiger partial charge in [0.1, 0.15) is 11.6 Å². The second-order valence-corrected chi connectivity index (χ2v) is 6.63. The molecule has 0 bridgehead atoms. The van der Waals surface area contributed by atoms with E-state index < -0.39 is 5.82 Å². The number of benzene rings is 2. The number of hydrogen-bond donors (Lipinski definition) is 0. The van der Waals surface area contributed by atoms with Crippen molar-refractivity contribution in [2.45, 2.75) is 12.3 Å². The molecule has 0 fully saturated rings. The van der Waals surface area contributed by atoms with Crippen LogP contribution in [0.2, 0.25) is 5.02 Å². The van der Waals surface area contributed by atoms with Gasteiger partial charge in [0.25, 0.3) is 0 Å². The first-order chi connectivity index (χ1) is 9.97. The van der Waals surface area contributed by atoms with Crippen molar-refractivity contribution in [2.75, 3.05) is 0 Å². The number of rotatable bonds is 2. The topological polar surface area (TPSA) is 17.8 Å². The van der Waals surface area contributed by atoms with E-state index in [1.54, 1.807) is 12.1 Å². The molecule has 2 aromatic carbocycles. The third-order valence-corrected chi connectivity index (χ3v) is 4.14. The molecule has 1 heterocycles. The standard InChI is InChI=1S/C15H10BrCl2FN2/c1-8(17)15-20-13-5-2-9(16)6-14(13)21(15)10-3-4-12(19)11(18)7-10/h2-8H,1H3. The molecule has 108 valence electrons. The lowest BCUT2D eigenvalue weighted by molar-refractivity contribution is 0.627. The molecule has 1 atom stereocenters. The van der Waals surface area contributed by atoms with Crippen LogP contribution in [0.15, 0.2) is 40.9 Å². The van der Waals surface area contributed by atoms with E-state index in [0.29, 0.717) is 5.82 Å². The zero-order chi connectivity index (χ0) is 15.1. The summed E-state index contributed by atoms with van der Waals surface area (Å²) in [6.45, 7) is 1.85. The second-order valence-electron chi connectivity index (χ2n) is 4.65. The molecule has 1 unspecified atom stereocenters. The van der Waals surface area contributed by atoms with Gasteiger partial charge in [-0.25, -0.2) is 9.37 Å². The molecule has 0 radical (unpaired) electrons. The molecule has 2 nitrogen and oxygen atoms in total. The van der Waals surface area contributed by atoms with Crippen molar-refractivity contribution in [3.05, 3.63) is 57.5 Å². The molecule has 0 aliphatic carbocycles. The van der Waals surface area contributed by atoms with Gasteiger partial charge in [-0.1, -0.05) is 27.5 Å². The predicted octanol–water partition coefficient (Wildman–Crippen LogP) is 5.88. The van der Waals surface area contributed by atoms with Gasteiger partial charge >= 0.3 is 0 Å². The highest BCUT2D eigenvalue weighted by Crippen LogP contribution is 2.31. The lowest BCUT2D eigenvalue weighted by Crippen LogP contribution is -2.02. The molecule has 0 aliphatic rings. The number of imidazole rings is 1. The summed E-state index contributed by atoms with van der Waals surface area (Å²) in [6, 6.07) is 10.3. The zero-order valence-corrected chi connectivity index (χ0v) is 14.0. The minimum atomic E-state index is -0.452. The third kappa shape index (κ3) is 2.68. The van der Waals surface area contributed by atoms with Crippen LogP contribution in [0.4, 0.5) is 4.39 Å². The van der Waals surface area contributed by atoms with E-state index in [1.807, 2.05) is 29.7 Å². The van der Waals surface area contributed by atoms with Crippen LogP contribution in [-0.2, 0) is 0 Å². The Labute approximate surface area is 139 Å². The van der Waals surface area contributed by atoms with Crippen LogP contribution in [0.3, 0.4) is 0 Å². The van der Waals surface area contributed by atoms with Crippen molar-refractivity contribution in [3.63, 3.8) is 0 Å². The van der Waals surface area contributed by atoms with Gasteiger partial charge in [-0.3, -0.25) is 4.57 Å². The monoisotopic (exact) mass is 386 g/mol. The molecule has 0 aliphatic heterocycles. The van der Waals surface area contributed by atoms with Crippen molar-refractivity contribution < 1.29 is 4.39 Å². The summed E-state index contributed by atoms with van der Waals surface area (Å²) < 4.78 is 16.2. The average molecular weight is 388 g/mol. The number of nitrogens with zero attached hydrogens (tertiary/aromatic N) is 2. The Bertz CT molecular complexity index is 830. The summed E-state index contributed by atoms with van der Waals surface area (Å²) in [5.41, 5.74) is 2.43. The largest absolute Gasteiger partial charge is 0.295 e. The van der Waals surface area contributed by atoms with Gasteiger partial charge in [-0.2, -0.15) is 0 Å². The first-order valence-electron chi connectivity index (χ1n) is 6.25. The van der Waals surface area contributed by atoms with Crippen molar-refractivity contribution in [2.24, 2.45) is 0 Å². The molecule has 0 spiro atoms. The van der Waals surface area contributed by atoms with Crippen LogP contribution in [0.25, 0.3) is 16.7 Å². The van der Waals surface area contributed by atoms with E-state index in [4.69, 9.17) is 23.2 Å². The Morgan fingerprint density at radius 3 is 2.67 bits per heavy atom. The Kier molecular flexibility index (Phi) is 3.95. The SMILES string of the molecule is CC(Cl)c1nc2ccc(Br)cc2n1-c1ccc(F)c(Cl)c1. The lowest BCUT2D eigenvalue weighted by Gasteiger charge is -2.11. The van der Waals surface area contributed by atoms with Crippen LogP contribution in [0.1, 0.15) is 18.1 Å². The highest BCUT2D eigenvalue weighted by atomic mass is 79.9. The average Bonchev–Trinajstić information content (AvgIpc) is 2.80. The summed E-state index contributed by atoms with van der Waals surface area (Å²) >= 11 is 15.6. The number of alkyl halides is 1. The van der Waals surface area contributed by atoms with Crippen molar-refractivity contribution in [1.29, 1.82) is 0 Å². The van der Waals surface area contributed by atoms with Gasteiger partial charge in [-0.05, 0) is 43.3 Å². The maximum absolute atomic E-state index is 13.4. The Balaban J connectivity index is 2.35. The van der Waals surface area contributed by atoms with Gasteiger partial charge < -0.3 is 0 Å². The number of halogens is 4. The minimum Gasteiger partial charge on any atom is -0.295 e. The van der Waals surface area contributed by atoms with E-state index in [2.05, 4.69) is 20.9 Å². The van der Waals surface area contributed by atoms with Gasteiger partial charge in [0.2, 0.25) is 0 Å². The van der Waals surface area contributed by atoms with Gasteiger partial charge in [0.15, 0.2) is 0 Å². The van der Waals surface area contributed by atoms with Crippen LogP contribution >= 0.6 is 39.1 Å². The van der Waals surface area contributed by atoms with Crippen molar-refractivity contribution in [3.8, 4) is 5.69 Å². The quantitative estimate of drug-likeness (QED) is 0.502. The van der Waals surface area contributed by atoms with Gasteiger partial charge in [-0.15, -0.1) is 11.6 Å². The normalized spacial score (nSPS) is 12.8. The number of hydrogen-bond acceptors (Lipinski definition) is 1. The molecular formula is C15H10BrCl2FN2.